The van der Waals surface area contributed by atoms with Crippen LogP contribution in [0.5, 0.6) is 0 Å². The number of Topliss-reactive ketones (excluding diaryl/α,β-unsaturated/α-hetero) is 1. The van der Waals surface area contributed by atoms with Gasteiger partial charge in [-0.2, -0.15) is 0 Å². The number of carbonyl (C=O) groups is 2. The molecular weight excluding hydrogens is 362 g/mol. The van der Waals surface area contributed by atoms with Crippen molar-refractivity contribution in [1.29, 1.82) is 0 Å². The molecule has 0 aliphatic heterocycles. The topological polar surface area (TPSA) is 63.1 Å². The van der Waals surface area contributed by atoms with Gasteiger partial charge in [0.05, 0.1) is 11.3 Å². The van der Waals surface area contributed by atoms with Gasteiger partial charge in [0, 0.05) is 29.4 Å². The Bertz CT molecular complexity index is 936. The summed E-state index contributed by atoms with van der Waals surface area (Å²) in [7, 11) is 0. The van der Waals surface area contributed by atoms with Crippen LogP contribution >= 0.6 is 0 Å². The summed E-state index contributed by atoms with van der Waals surface area (Å²) in [5.74, 6) is 0.00736. The molecule has 1 aromatic carbocycles. The summed E-state index contributed by atoms with van der Waals surface area (Å²) >= 11 is 0. The van der Waals surface area contributed by atoms with Crippen LogP contribution in [-0.2, 0) is 6.42 Å². The number of anilines is 1. The number of carbonyl (C=O) groups excluding carboxylic acids is 2. The first-order chi connectivity index (χ1) is 13.8. The highest BCUT2D eigenvalue weighted by Crippen LogP contribution is 2.36. The average Bonchev–Trinajstić information content (AvgIpc) is 2.98. The lowest BCUT2D eigenvalue weighted by Crippen LogP contribution is -2.32. The third-order valence-corrected chi connectivity index (χ3v) is 6.22. The Balaban J connectivity index is 1.59. The van der Waals surface area contributed by atoms with Crippen LogP contribution in [0.3, 0.4) is 0 Å². The number of rotatable bonds is 4. The molecule has 1 heterocycles. The number of aryl methyl sites for hydroxylation is 1. The van der Waals surface area contributed by atoms with Crippen molar-refractivity contribution < 1.29 is 9.59 Å². The van der Waals surface area contributed by atoms with E-state index in [-0.39, 0.29) is 17.1 Å². The number of amides is 1. The minimum Gasteiger partial charge on any atom is -0.382 e. The summed E-state index contributed by atoms with van der Waals surface area (Å²) < 4.78 is 1.81. The van der Waals surface area contributed by atoms with Crippen molar-refractivity contribution >= 4 is 17.4 Å². The van der Waals surface area contributed by atoms with Crippen LogP contribution in [0.1, 0.15) is 84.5 Å². The molecule has 2 N–H and O–H groups in total. The molecule has 2 aliphatic carbocycles. The van der Waals surface area contributed by atoms with Gasteiger partial charge < -0.3 is 5.32 Å². The number of para-hydroxylation sites is 1. The van der Waals surface area contributed by atoms with E-state index in [0.717, 1.165) is 41.9 Å². The van der Waals surface area contributed by atoms with Gasteiger partial charge in [0.1, 0.15) is 0 Å². The molecule has 0 saturated heterocycles. The molecule has 0 unspecified atom stereocenters. The van der Waals surface area contributed by atoms with Crippen molar-refractivity contribution in [3.05, 3.63) is 52.8 Å². The third-order valence-electron chi connectivity index (χ3n) is 6.22. The third kappa shape index (κ3) is 4.09. The van der Waals surface area contributed by atoms with Crippen LogP contribution < -0.4 is 10.7 Å². The van der Waals surface area contributed by atoms with Crippen molar-refractivity contribution in [2.24, 2.45) is 5.41 Å². The Kier molecular flexibility index (Phi) is 5.24. The molecule has 4 rings (SSSR count). The molecule has 1 fully saturated rings. The van der Waals surface area contributed by atoms with Gasteiger partial charge in [-0.3, -0.25) is 19.7 Å². The summed E-state index contributed by atoms with van der Waals surface area (Å²) in [5, 5.41) is 3.58. The van der Waals surface area contributed by atoms with Crippen LogP contribution in [0.2, 0.25) is 0 Å². The molecule has 2 aliphatic rings. The number of nitrogens with one attached hydrogen (secondary N) is 2. The van der Waals surface area contributed by atoms with Gasteiger partial charge in [0.15, 0.2) is 5.78 Å². The number of benzene rings is 1. The summed E-state index contributed by atoms with van der Waals surface area (Å²) in [5.41, 5.74) is 7.02. The lowest BCUT2D eigenvalue weighted by molar-refractivity contribution is 0.0906. The standard InChI is InChI=1S/C24H31N3O2/c1-16-13-19-21(14-24(2,3)15-22(19)28)27(16)26-23(29)18-11-7-8-12-20(18)25-17-9-5-4-6-10-17/h7-8,11-13,17,25H,4-6,9-10,14-15H2,1-3H3,(H,26,29). The monoisotopic (exact) mass is 393 g/mol. The number of nitrogens with zero attached hydrogens (tertiary/aromatic N) is 1. The fourth-order valence-corrected chi connectivity index (χ4v) is 4.74. The van der Waals surface area contributed by atoms with E-state index >= 15 is 0 Å². The minimum absolute atomic E-state index is 0.0994. The van der Waals surface area contributed by atoms with Gasteiger partial charge in [-0.15, -0.1) is 0 Å². The smallest absolute Gasteiger partial charge is 0.272 e. The largest absolute Gasteiger partial charge is 0.382 e. The number of aromatic nitrogens is 1. The summed E-state index contributed by atoms with van der Waals surface area (Å²) in [6.45, 7) is 6.14. The highest BCUT2D eigenvalue weighted by atomic mass is 16.2. The molecule has 1 amide bonds. The van der Waals surface area contributed by atoms with E-state index in [1.54, 1.807) is 0 Å². The Morgan fingerprint density at radius 1 is 1.10 bits per heavy atom. The maximum Gasteiger partial charge on any atom is 0.272 e. The fraction of sp³-hybridized carbons (Fsp3) is 0.500. The number of fused-ring (bicyclic) bond motifs is 1. The Labute approximate surface area is 172 Å². The van der Waals surface area contributed by atoms with Crippen molar-refractivity contribution in [3.63, 3.8) is 0 Å². The van der Waals surface area contributed by atoms with Gasteiger partial charge in [-0.25, -0.2) is 0 Å². The van der Waals surface area contributed by atoms with E-state index in [2.05, 4.69) is 24.6 Å². The Hall–Kier alpha value is -2.56. The molecule has 29 heavy (non-hydrogen) atoms. The van der Waals surface area contributed by atoms with Crippen molar-refractivity contribution in [1.82, 2.24) is 4.68 Å². The normalized spacial score (nSPS) is 18.9. The zero-order valence-electron chi connectivity index (χ0n) is 17.7. The maximum atomic E-state index is 13.2. The quantitative estimate of drug-likeness (QED) is 0.761. The second kappa shape index (κ2) is 7.69. The first-order valence-electron chi connectivity index (χ1n) is 10.8. The highest BCUT2D eigenvalue weighted by Gasteiger charge is 2.34. The molecule has 5 nitrogen and oxygen atoms in total. The lowest BCUT2D eigenvalue weighted by atomic mass is 9.76. The Morgan fingerprint density at radius 3 is 2.59 bits per heavy atom. The summed E-state index contributed by atoms with van der Waals surface area (Å²) in [6.07, 6.45) is 7.40. The molecule has 0 radical (unpaired) electrons. The van der Waals surface area contributed by atoms with Crippen LogP contribution in [-0.4, -0.2) is 22.4 Å². The average molecular weight is 394 g/mol. The maximum absolute atomic E-state index is 13.2. The van der Waals surface area contributed by atoms with Crippen LogP contribution in [0.4, 0.5) is 5.69 Å². The second-order valence-electron chi connectivity index (χ2n) is 9.39. The fourth-order valence-electron chi connectivity index (χ4n) is 4.74. The number of hydrogen-bond donors (Lipinski definition) is 2. The summed E-state index contributed by atoms with van der Waals surface area (Å²) in [4.78, 5) is 25.8. The molecule has 154 valence electrons. The first-order valence-corrected chi connectivity index (χ1v) is 10.8. The molecule has 5 heteroatoms. The first kappa shape index (κ1) is 19.7. The van der Waals surface area contributed by atoms with E-state index < -0.39 is 0 Å². The van der Waals surface area contributed by atoms with Gasteiger partial charge in [-0.1, -0.05) is 45.2 Å². The number of hydrogen-bond acceptors (Lipinski definition) is 3. The van der Waals surface area contributed by atoms with Crippen LogP contribution in [0.15, 0.2) is 30.3 Å². The predicted octanol–water partition coefficient (Wildman–Crippen LogP) is 5.08. The molecule has 0 spiro atoms. The van der Waals surface area contributed by atoms with Crippen LogP contribution in [0.25, 0.3) is 0 Å². The Morgan fingerprint density at radius 2 is 1.83 bits per heavy atom. The lowest BCUT2D eigenvalue weighted by Gasteiger charge is -2.30. The molecule has 0 atom stereocenters. The zero-order chi connectivity index (χ0) is 20.6. The van der Waals surface area contributed by atoms with Crippen molar-refractivity contribution in [2.45, 2.75) is 71.8 Å². The van der Waals surface area contributed by atoms with E-state index in [1.807, 2.05) is 41.9 Å². The second-order valence-corrected chi connectivity index (χ2v) is 9.39. The molecule has 0 bridgehead atoms. The molecular formula is C24H31N3O2. The van der Waals surface area contributed by atoms with E-state index in [9.17, 15) is 9.59 Å². The van der Waals surface area contributed by atoms with Crippen molar-refractivity contribution in [3.8, 4) is 0 Å². The van der Waals surface area contributed by atoms with Gasteiger partial charge in [0.25, 0.3) is 5.91 Å². The molecule has 2 aromatic rings. The van der Waals surface area contributed by atoms with E-state index in [0.29, 0.717) is 18.0 Å². The SMILES string of the molecule is Cc1cc2c(n1NC(=O)c1ccccc1NC1CCCCC1)CC(C)(C)CC2=O. The van der Waals surface area contributed by atoms with Gasteiger partial charge in [0.2, 0.25) is 0 Å². The van der Waals surface area contributed by atoms with Gasteiger partial charge in [-0.05, 0) is 49.8 Å². The zero-order valence-corrected chi connectivity index (χ0v) is 17.7. The highest BCUT2D eigenvalue weighted by molar-refractivity contribution is 6.05. The van der Waals surface area contributed by atoms with Crippen LogP contribution in [0, 0.1) is 12.3 Å². The van der Waals surface area contributed by atoms with E-state index in [4.69, 9.17) is 0 Å². The number of ketones is 1. The summed E-state index contributed by atoms with van der Waals surface area (Å²) in [6, 6.07) is 10.0. The molecule has 1 saturated carbocycles. The van der Waals surface area contributed by atoms with Crippen molar-refractivity contribution in [2.75, 3.05) is 10.7 Å². The van der Waals surface area contributed by atoms with E-state index in [1.165, 1.54) is 19.3 Å². The minimum atomic E-state index is -0.152. The molecule has 1 aromatic heterocycles. The van der Waals surface area contributed by atoms with Gasteiger partial charge >= 0.3 is 0 Å². The predicted molar refractivity (Wildman–Crippen MR) is 116 cm³/mol.